The van der Waals surface area contributed by atoms with E-state index in [1.54, 1.807) is 4.72 Å². The van der Waals surface area contributed by atoms with E-state index in [0.29, 0.717) is 4.47 Å². The second-order valence-corrected chi connectivity index (χ2v) is 7.73. The number of sulfonamides is 1. The Hall–Kier alpha value is -0.0200. The molecule has 0 saturated heterocycles. The highest BCUT2D eigenvalue weighted by atomic mass is 79.9. The Morgan fingerprint density at radius 2 is 1.65 bits per heavy atom. The van der Waals surface area contributed by atoms with Crippen molar-refractivity contribution in [1.82, 2.24) is 4.72 Å². The summed E-state index contributed by atoms with van der Waals surface area (Å²) in [5.41, 5.74) is -2.41. The second kappa shape index (κ2) is 5.01. The molecule has 112 valence electrons. The largest absolute Gasteiger partial charge is 0.407 e. The highest BCUT2D eigenvalue weighted by Crippen LogP contribution is 2.50. The maximum Gasteiger partial charge on any atom is 0.407 e. The van der Waals surface area contributed by atoms with Gasteiger partial charge in [0.25, 0.3) is 0 Å². The van der Waals surface area contributed by atoms with E-state index >= 15 is 0 Å². The minimum atomic E-state index is -4.66. The summed E-state index contributed by atoms with van der Waals surface area (Å²) in [7, 11) is -4.47. The quantitative estimate of drug-likeness (QED) is 0.811. The summed E-state index contributed by atoms with van der Waals surface area (Å²) in [6.45, 7) is 0. The third-order valence-corrected chi connectivity index (χ3v) is 5.77. The van der Waals surface area contributed by atoms with Crippen molar-refractivity contribution >= 4 is 49.2 Å². The smallest absolute Gasteiger partial charge is 0.207 e. The van der Waals surface area contributed by atoms with Crippen LogP contribution in [0.25, 0.3) is 0 Å². The van der Waals surface area contributed by atoms with Gasteiger partial charge in [-0.15, -0.1) is 0 Å². The molecule has 1 fully saturated rings. The highest BCUT2D eigenvalue weighted by molar-refractivity contribution is 9.10. The average molecular weight is 413 g/mol. The summed E-state index contributed by atoms with van der Waals surface area (Å²) in [6.07, 6.45) is -5.27. The molecule has 1 aromatic carbocycles. The van der Waals surface area contributed by atoms with Crippen LogP contribution in [0, 0.1) is 0 Å². The first-order valence-corrected chi connectivity index (χ1v) is 8.27. The van der Waals surface area contributed by atoms with Crippen molar-refractivity contribution in [2.24, 2.45) is 0 Å². The molecule has 0 spiro atoms. The molecule has 3 nitrogen and oxygen atoms in total. The zero-order valence-corrected chi connectivity index (χ0v) is 13.5. The van der Waals surface area contributed by atoms with Gasteiger partial charge in [0.15, 0.2) is 0 Å². The van der Waals surface area contributed by atoms with Crippen LogP contribution in [0.2, 0.25) is 10.0 Å². The zero-order valence-electron chi connectivity index (χ0n) is 9.56. The monoisotopic (exact) mass is 411 g/mol. The van der Waals surface area contributed by atoms with Gasteiger partial charge in [-0.2, -0.15) is 17.9 Å². The Bertz CT molecular complexity index is 636. The molecule has 0 heterocycles. The van der Waals surface area contributed by atoms with Gasteiger partial charge in [0, 0.05) is 4.47 Å². The fraction of sp³-hybridized carbons (Fsp3) is 0.400. The van der Waals surface area contributed by atoms with E-state index in [-0.39, 0.29) is 22.9 Å². The molecule has 0 bridgehead atoms. The van der Waals surface area contributed by atoms with Crippen molar-refractivity contribution in [3.8, 4) is 0 Å². The lowest BCUT2D eigenvalue weighted by Gasteiger charge is -2.21. The molecular formula is C10H7BrCl2F3NO2S. The van der Waals surface area contributed by atoms with Gasteiger partial charge in [-0.25, -0.2) is 8.42 Å². The van der Waals surface area contributed by atoms with Crippen LogP contribution in [0.4, 0.5) is 13.2 Å². The summed E-state index contributed by atoms with van der Waals surface area (Å²) in [6, 6.07) is 2.49. The van der Waals surface area contributed by atoms with Gasteiger partial charge >= 0.3 is 6.18 Å². The molecule has 0 amide bonds. The number of benzene rings is 1. The maximum absolute atomic E-state index is 12.8. The van der Waals surface area contributed by atoms with Crippen LogP contribution in [-0.2, 0) is 10.0 Å². The van der Waals surface area contributed by atoms with Gasteiger partial charge in [0.1, 0.15) is 10.4 Å². The Labute approximate surface area is 131 Å². The van der Waals surface area contributed by atoms with E-state index in [1.807, 2.05) is 0 Å². The third-order valence-electron chi connectivity index (χ3n) is 2.85. The van der Waals surface area contributed by atoms with Crippen molar-refractivity contribution in [2.75, 3.05) is 0 Å². The van der Waals surface area contributed by atoms with Crippen LogP contribution < -0.4 is 4.72 Å². The summed E-state index contributed by atoms with van der Waals surface area (Å²) in [5, 5.41) is -0.510. The Balaban J connectivity index is 2.43. The Kier molecular flexibility index (Phi) is 4.10. The van der Waals surface area contributed by atoms with Gasteiger partial charge in [0.05, 0.1) is 10.0 Å². The molecule has 0 radical (unpaired) electrons. The van der Waals surface area contributed by atoms with Crippen molar-refractivity contribution in [2.45, 2.75) is 29.5 Å². The normalized spacial score (nSPS) is 18.1. The molecule has 2 rings (SSSR count). The van der Waals surface area contributed by atoms with Gasteiger partial charge in [-0.1, -0.05) is 39.1 Å². The number of rotatable bonds is 3. The molecule has 0 aromatic heterocycles. The van der Waals surface area contributed by atoms with Crippen LogP contribution in [0.15, 0.2) is 21.5 Å². The van der Waals surface area contributed by atoms with Gasteiger partial charge in [-0.3, -0.25) is 0 Å². The summed E-state index contributed by atoms with van der Waals surface area (Å²) < 4.78 is 64.7. The lowest BCUT2D eigenvalue weighted by molar-refractivity contribution is -0.160. The summed E-state index contributed by atoms with van der Waals surface area (Å²) >= 11 is 14.6. The van der Waals surface area contributed by atoms with Crippen molar-refractivity contribution in [1.29, 1.82) is 0 Å². The molecule has 1 aromatic rings. The first kappa shape index (κ1) is 16.4. The zero-order chi connectivity index (χ0) is 15.3. The van der Waals surface area contributed by atoms with Gasteiger partial charge < -0.3 is 0 Å². The van der Waals surface area contributed by atoms with Crippen LogP contribution >= 0.6 is 39.1 Å². The molecule has 10 heteroatoms. The average Bonchev–Trinajstić information content (AvgIpc) is 2.93. The molecule has 1 N–H and O–H groups in total. The second-order valence-electron chi connectivity index (χ2n) is 4.38. The molecular weight excluding hydrogens is 406 g/mol. The van der Waals surface area contributed by atoms with Crippen LogP contribution in [0.1, 0.15) is 12.8 Å². The lowest BCUT2D eigenvalue weighted by Crippen LogP contribution is -2.47. The van der Waals surface area contributed by atoms with Crippen LogP contribution in [0.3, 0.4) is 0 Å². The van der Waals surface area contributed by atoms with Crippen LogP contribution in [0.5, 0.6) is 0 Å². The number of hydrogen-bond acceptors (Lipinski definition) is 2. The third kappa shape index (κ3) is 2.94. The molecule has 0 aliphatic heterocycles. The van der Waals surface area contributed by atoms with Crippen LogP contribution in [-0.4, -0.2) is 20.1 Å². The topological polar surface area (TPSA) is 46.2 Å². The number of hydrogen-bond donors (Lipinski definition) is 1. The standard InChI is InChI=1S/C10H7BrCl2F3NO2S/c11-5-3-6(12)8(7(13)4-5)20(18,19)17-9(1-2-9)10(14,15)16/h3-4,17H,1-2H2. The van der Waals surface area contributed by atoms with E-state index in [2.05, 4.69) is 15.9 Å². The minimum Gasteiger partial charge on any atom is -0.207 e. The SMILES string of the molecule is O=S(=O)(NC1(C(F)(F)F)CC1)c1c(Cl)cc(Br)cc1Cl. The number of nitrogens with one attached hydrogen (secondary N) is 1. The first-order chi connectivity index (χ1) is 8.98. The highest BCUT2D eigenvalue weighted by Gasteiger charge is 2.65. The summed E-state index contributed by atoms with van der Waals surface area (Å²) in [5.74, 6) is 0. The fourth-order valence-electron chi connectivity index (χ4n) is 1.66. The van der Waals surface area contributed by atoms with E-state index < -0.39 is 26.6 Å². The molecule has 0 atom stereocenters. The number of alkyl halides is 3. The Morgan fingerprint density at radius 1 is 1.20 bits per heavy atom. The van der Waals surface area contributed by atoms with Crippen molar-refractivity contribution < 1.29 is 21.6 Å². The molecule has 1 aliphatic carbocycles. The predicted octanol–water partition coefficient (Wildman–Crippen LogP) is 4.13. The van der Waals surface area contributed by atoms with E-state index in [4.69, 9.17) is 23.2 Å². The molecule has 1 aliphatic rings. The van der Waals surface area contributed by atoms with E-state index in [9.17, 15) is 21.6 Å². The Morgan fingerprint density at radius 3 is 2.00 bits per heavy atom. The predicted molar refractivity (Wildman–Crippen MR) is 72.5 cm³/mol. The fourth-order valence-corrected chi connectivity index (χ4v) is 5.05. The van der Waals surface area contributed by atoms with E-state index in [1.165, 1.54) is 12.1 Å². The minimum absolute atomic E-state index is 0.255. The number of halogens is 6. The van der Waals surface area contributed by atoms with Crippen molar-refractivity contribution in [3.05, 3.63) is 26.7 Å². The molecule has 1 saturated carbocycles. The van der Waals surface area contributed by atoms with Crippen molar-refractivity contribution in [3.63, 3.8) is 0 Å². The van der Waals surface area contributed by atoms with Gasteiger partial charge in [0.2, 0.25) is 10.0 Å². The summed E-state index contributed by atoms with van der Waals surface area (Å²) in [4.78, 5) is -0.556. The lowest BCUT2D eigenvalue weighted by atomic mass is 10.3. The molecule has 0 unspecified atom stereocenters. The van der Waals surface area contributed by atoms with E-state index in [0.717, 1.165) is 0 Å². The maximum atomic E-state index is 12.8. The molecule has 20 heavy (non-hydrogen) atoms. The first-order valence-electron chi connectivity index (χ1n) is 5.24. The van der Waals surface area contributed by atoms with Gasteiger partial charge in [-0.05, 0) is 25.0 Å².